The highest BCUT2D eigenvalue weighted by molar-refractivity contribution is 5.92. The molecule has 2 amide bonds. The Kier molecular flexibility index (Phi) is 7.50. The van der Waals surface area contributed by atoms with Gasteiger partial charge in [0.1, 0.15) is 5.58 Å². The number of carbonyl (C=O) groups is 1. The van der Waals surface area contributed by atoms with Crippen LogP contribution in [-0.4, -0.2) is 61.3 Å². The number of nitrogens with zero attached hydrogens (tertiary/aromatic N) is 2. The van der Waals surface area contributed by atoms with Gasteiger partial charge in [0.05, 0.1) is 13.2 Å². The summed E-state index contributed by atoms with van der Waals surface area (Å²) in [7, 11) is 0. The first-order valence-corrected chi connectivity index (χ1v) is 10.9. The van der Waals surface area contributed by atoms with Crippen molar-refractivity contribution in [2.45, 2.75) is 46.6 Å². The van der Waals surface area contributed by atoms with Gasteiger partial charge in [-0.05, 0) is 51.3 Å². The van der Waals surface area contributed by atoms with E-state index in [0.29, 0.717) is 36.8 Å². The molecule has 1 aromatic carbocycles. The highest BCUT2D eigenvalue weighted by Gasteiger charge is 2.23. The van der Waals surface area contributed by atoms with Crippen molar-refractivity contribution < 1.29 is 13.9 Å². The van der Waals surface area contributed by atoms with E-state index in [1.807, 2.05) is 32.9 Å². The van der Waals surface area contributed by atoms with Crippen molar-refractivity contribution in [1.82, 2.24) is 9.80 Å². The maximum absolute atomic E-state index is 12.8. The smallest absolute Gasteiger partial charge is 0.339 e. The summed E-state index contributed by atoms with van der Waals surface area (Å²) in [6.45, 7) is 12.6. The van der Waals surface area contributed by atoms with Gasteiger partial charge in [-0.25, -0.2) is 9.59 Å². The highest BCUT2D eigenvalue weighted by Crippen LogP contribution is 2.25. The van der Waals surface area contributed by atoms with Crippen molar-refractivity contribution >= 4 is 22.7 Å². The Morgan fingerprint density at radius 1 is 1.20 bits per heavy atom. The van der Waals surface area contributed by atoms with Crippen LogP contribution in [0.15, 0.2) is 27.4 Å². The van der Waals surface area contributed by atoms with E-state index in [1.165, 1.54) is 0 Å². The van der Waals surface area contributed by atoms with Gasteiger partial charge in [-0.3, -0.25) is 4.90 Å². The molecule has 1 atom stereocenters. The fourth-order valence-corrected chi connectivity index (χ4v) is 4.13. The van der Waals surface area contributed by atoms with Gasteiger partial charge >= 0.3 is 11.7 Å². The van der Waals surface area contributed by atoms with Crippen molar-refractivity contribution in [1.29, 1.82) is 0 Å². The van der Waals surface area contributed by atoms with Crippen LogP contribution in [0.5, 0.6) is 0 Å². The maximum Gasteiger partial charge on any atom is 0.339 e. The Labute approximate surface area is 178 Å². The van der Waals surface area contributed by atoms with Crippen LogP contribution in [-0.2, 0) is 11.2 Å². The molecule has 164 valence electrons. The largest absolute Gasteiger partial charge is 0.422 e. The number of hydrogen-bond acceptors (Lipinski definition) is 5. The zero-order valence-corrected chi connectivity index (χ0v) is 18.5. The van der Waals surface area contributed by atoms with E-state index in [0.717, 1.165) is 49.2 Å². The van der Waals surface area contributed by atoms with Gasteiger partial charge in [0.15, 0.2) is 0 Å². The third-order valence-electron chi connectivity index (χ3n) is 6.06. The zero-order chi connectivity index (χ0) is 21.7. The third-order valence-corrected chi connectivity index (χ3v) is 6.06. The molecule has 7 heteroatoms. The summed E-state index contributed by atoms with van der Waals surface area (Å²) in [5.74, 6) is 0. The van der Waals surface area contributed by atoms with Crippen molar-refractivity contribution in [2.75, 3.05) is 44.7 Å². The maximum atomic E-state index is 12.8. The lowest BCUT2D eigenvalue weighted by atomic mass is 9.97. The number of amides is 2. The number of rotatable bonds is 7. The molecule has 1 unspecified atom stereocenters. The first-order valence-electron chi connectivity index (χ1n) is 10.9. The van der Waals surface area contributed by atoms with Gasteiger partial charge in [-0.15, -0.1) is 0 Å². The molecule has 1 N–H and O–H groups in total. The van der Waals surface area contributed by atoms with Crippen LogP contribution in [0, 0.1) is 6.92 Å². The number of urea groups is 1. The summed E-state index contributed by atoms with van der Waals surface area (Å²) in [5.41, 5.74) is 2.52. The SMILES string of the molecule is CCC(Cc1c(C)c2ccc(NC(=O)N(CC)CC)cc2oc1=O)N1CCOCC1. The number of morpholine rings is 1. The van der Waals surface area contributed by atoms with E-state index in [1.54, 1.807) is 11.0 Å². The third kappa shape index (κ3) is 4.84. The summed E-state index contributed by atoms with van der Waals surface area (Å²) in [6, 6.07) is 5.64. The van der Waals surface area contributed by atoms with Crippen LogP contribution in [0.2, 0.25) is 0 Å². The normalized spacial score (nSPS) is 15.9. The van der Waals surface area contributed by atoms with E-state index in [-0.39, 0.29) is 11.7 Å². The Morgan fingerprint density at radius 2 is 1.90 bits per heavy atom. The van der Waals surface area contributed by atoms with Gasteiger partial charge in [0.2, 0.25) is 0 Å². The Balaban J connectivity index is 1.86. The number of aryl methyl sites for hydroxylation is 1. The molecular weight excluding hydrogens is 382 g/mol. The van der Waals surface area contributed by atoms with E-state index in [4.69, 9.17) is 9.15 Å². The number of hydrogen-bond donors (Lipinski definition) is 1. The minimum absolute atomic E-state index is 0.161. The topological polar surface area (TPSA) is 75.0 Å². The summed E-state index contributed by atoms with van der Waals surface area (Å²) < 4.78 is 11.1. The fourth-order valence-electron chi connectivity index (χ4n) is 4.13. The number of nitrogens with one attached hydrogen (secondary N) is 1. The summed E-state index contributed by atoms with van der Waals surface area (Å²) in [6.07, 6.45) is 1.63. The molecule has 1 saturated heterocycles. The Hall–Kier alpha value is -2.38. The van der Waals surface area contributed by atoms with Crippen LogP contribution in [0.4, 0.5) is 10.5 Å². The lowest BCUT2D eigenvalue weighted by Crippen LogP contribution is -2.44. The van der Waals surface area contributed by atoms with E-state index in [9.17, 15) is 9.59 Å². The molecule has 30 heavy (non-hydrogen) atoms. The molecule has 0 spiro atoms. The minimum Gasteiger partial charge on any atom is -0.422 e. The number of carbonyl (C=O) groups excluding carboxylic acids is 1. The number of ether oxygens (including phenoxy) is 1. The predicted molar refractivity (Wildman–Crippen MR) is 119 cm³/mol. The summed E-state index contributed by atoms with van der Waals surface area (Å²) in [5, 5.41) is 3.79. The quantitative estimate of drug-likeness (QED) is 0.699. The molecular formula is C23H33N3O4. The lowest BCUT2D eigenvalue weighted by molar-refractivity contribution is 0.0157. The Bertz CT molecular complexity index is 930. The predicted octanol–water partition coefficient (Wildman–Crippen LogP) is 3.63. The molecule has 0 radical (unpaired) electrons. The molecule has 2 aromatic rings. The van der Waals surface area contributed by atoms with Gasteiger partial charge in [0.25, 0.3) is 0 Å². The molecule has 0 saturated carbocycles. The van der Waals surface area contributed by atoms with E-state index < -0.39 is 0 Å². The van der Waals surface area contributed by atoms with E-state index in [2.05, 4.69) is 17.1 Å². The average molecular weight is 416 g/mol. The molecule has 2 heterocycles. The lowest BCUT2D eigenvalue weighted by Gasteiger charge is -2.34. The van der Waals surface area contributed by atoms with Gasteiger partial charge < -0.3 is 19.4 Å². The van der Waals surface area contributed by atoms with Gasteiger partial charge in [0, 0.05) is 54.9 Å². The second-order valence-corrected chi connectivity index (χ2v) is 7.72. The van der Waals surface area contributed by atoms with Gasteiger partial charge in [-0.2, -0.15) is 0 Å². The van der Waals surface area contributed by atoms with Crippen LogP contribution in [0.3, 0.4) is 0 Å². The summed E-state index contributed by atoms with van der Waals surface area (Å²) in [4.78, 5) is 29.2. The standard InChI is InChI=1S/C23H33N3O4/c1-5-18(26-10-12-29-13-11-26)15-20-16(4)19-9-8-17(14-21(19)30-22(20)27)24-23(28)25(6-2)7-3/h8-9,14,18H,5-7,10-13,15H2,1-4H3,(H,24,28). The van der Waals surface area contributed by atoms with Crippen LogP contribution >= 0.6 is 0 Å². The number of benzene rings is 1. The Morgan fingerprint density at radius 3 is 2.53 bits per heavy atom. The molecule has 1 aromatic heterocycles. The minimum atomic E-state index is -0.293. The van der Waals surface area contributed by atoms with Gasteiger partial charge in [-0.1, -0.05) is 6.92 Å². The molecule has 3 rings (SSSR count). The first-order chi connectivity index (χ1) is 14.5. The molecule has 7 nitrogen and oxygen atoms in total. The van der Waals surface area contributed by atoms with Crippen LogP contribution < -0.4 is 10.9 Å². The first kappa shape index (κ1) is 22.3. The van der Waals surface area contributed by atoms with E-state index >= 15 is 0 Å². The second kappa shape index (κ2) is 10.1. The second-order valence-electron chi connectivity index (χ2n) is 7.72. The molecule has 0 bridgehead atoms. The zero-order valence-electron chi connectivity index (χ0n) is 18.5. The van der Waals surface area contributed by atoms with Crippen molar-refractivity contribution in [2.24, 2.45) is 0 Å². The molecule has 1 aliphatic heterocycles. The van der Waals surface area contributed by atoms with Crippen molar-refractivity contribution in [3.8, 4) is 0 Å². The van der Waals surface area contributed by atoms with Crippen LogP contribution in [0.25, 0.3) is 11.0 Å². The average Bonchev–Trinajstić information content (AvgIpc) is 2.75. The monoisotopic (exact) mass is 415 g/mol. The van der Waals surface area contributed by atoms with Crippen LogP contribution in [0.1, 0.15) is 38.3 Å². The molecule has 1 aliphatic rings. The summed E-state index contributed by atoms with van der Waals surface area (Å²) >= 11 is 0. The van der Waals surface area contributed by atoms with Crippen molar-refractivity contribution in [3.05, 3.63) is 39.7 Å². The number of anilines is 1. The fraction of sp³-hybridized carbons (Fsp3) is 0.565. The number of fused-ring (bicyclic) bond motifs is 1. The molecule has 1 fully saturated rings. The van der Waals surface area contributed by atoms with Crippen molar-refractivity contribution in [3.63, 3.8) is 0 Å². The molecule has 0 aliphatic carbocycles. The highest BCUT2D eigenvalue weighted by atomic mass is 16.5.